The van der Waals surface area contributed by atoms with E-state index >= 15 is 0 Å². The lowest BCUT2D eigenvalue weighted by molar-refractivity contribution is 0.167. The van der Waals surface area contributed by atoms with Gasteiger partial charge < -0.3 is 19.4 Å². The Balaban J connectivity index is 2.38. The van der Waals surface area contributed by atoms with Crippen molar-refractivity contribution in [1.82, 2.24) is 0 Å². The van der Waals surface area contributed by atoms with Crippen LogP contribution in [-0.2, 0) is 4.74 Å². The van der Waals surface area contributed by atoms with Crippen molar-refractivity contribution in [1.29, 1.82) is 0 Å². The van der Waals surface area contributed by atoms with Crippen LogP contribution in [0.1, 0.15) is 6.92 Å². The molecule has 6 nitrogen and oxygen atoms in total. The van der Waals surface area contributed by atoms with E-state index in [-0.39, 0.29) is 18.3 Å². The quantitative estimate of drug-likeness (QED) is 0.805. The second-order valence-electron chi connectivity index (χ2n) is 3.78. The normalized spacial score (nSPS) is 10.3. The van der Waals surface area contributed by atoms with E-state index < -0.39 is 17.6 Å². The van der Waals surface area contributed by atoms with Gasteiger partial charge in [0.1, 0.15) is 0 Å². The molecule has 3 N–H and O–H groups in total. The molecule has 0 saturated carbocycles. The van der Waals surface area contributed by atoms with Crippen molar-refractivity contribution in [2.45, 2.75) is 6.92 Å². The molecular formula is C13H12ClNO5. The predicted molar refractivity (Wildman–Crippen MR) is 73.1 cm³/mol. The first-order valence-corrected chi connectivity index (χ1v) is 6.15. The maximum Gasteiger partial charge on any atom is 0.414 e. The molecule has 0 atom stereocenters. The standard InChI is InChI=1S/C13H12ClNO5/c1-2-19-13(18)15-12-10(17)9(16)11(20-12)7-5-3-4-6-8(7)14/h3-6,16-17H,2H2,1H3,(H,15,18). The minimum Gasteiger partial charge on any atom is -0.502 e. The lowest BCUT2D eigenvalue weighted by atomic mass is 10.1. The van der Waals surface area contributed by atoms with Crippen LogP contribution in [0.25, 0.3) is 11.3 Å². The Morgan fingerprint density at radius 2 is 2.05 bits per heavy atom. The van der Waals surface area contributed by atoms with Crippen molar-refractivity contribution in [2.24, 2.45) is 0 Å². The number of aromatic hydroxyl groups is 2. The molecule has 1 aromatic carbocycles. The van der Waals surface area contributed by atoms with Crippen LogP contribution < -0.4 is 5.32 Å². The first kappa shape index (κ1) is 14.1. The van der Waals surface area contributed by atoms with Crippen LogP contribution in [0, 0.1) is 0 Å². The molecule has 0 unspecified atom stereocenters. The number of halogens is 1. The first-order valence-electron chi connectivity index (χ1n) is 5.78. The summed E-state index contributed by atoms with van der Waals surface area (Å²) in [5, 5.41) is 22.1. The molecule has 2 aromatic rings. The van der Waals surface area contributed by atoms with Crippen LogP contribution in [-0.4, -0.2) is 22.9 Å². The third-order valence-corrected chi connectivity index (χ3v) is 2.80. The zero-order chi connectivity index (χ0) is 14.7. The summed E-state index contributed by atoms with van der Waals surface area (Å²) in [4.78, 5) is 11.3. The Morgan fingerprint density at radius 3 is 2.70 bits per heavy atom. The second-order valence-corrected chi connectivity index (χ2v) is 4.19. The minimum atomic E-state index is -0.803. The molecule has 1 heterocycles. The smallest absolute Gasteiger partial charge is 0.414 e. The highest BCUT2D eigenvalue weighted by Crippen LogP contribution is 2.46. The van der Waals surface area contributed by atoms with Crippen LogP contribution in [0.3, 0.4) is 0 Å². The third-order valence-electron chi connectivity index (χ3n) is 2.47. The van der Waals surface area contributed by atoms with Gasteiger partial charge in [-0.15, -0.1) is 0 Å². The van der Waals surface area contributed by atoms with Gasteiger partial charge in [-0.05, 0) is 19.1 Å². The van der Waals surface area contributed by atoms with Crippen molar-refractivity contribution in [2.75, 3.05) is 11.9 Å². The van der Waals surface area contributed by atoms with Gasteiger partial charge in [0.05, 0.1) is 11.6 Å². The first-order chi connectivity index (χ1) is 9.54. The molecule has 0 aliphatic carbocycles. The number of nitrogens with one attached hydrogen (secondary N) is 1. The molecule has 0 fully saturated rings. The van der Waals surface area contributed by atoms with Gasteiger partial charge in [0.15, 0.2) is 5.76 Å². The highest BCUT2D eigenvalue weighted by Gasteiger charge is 2.23. The van der Waals surface area contributed by atoms with Gasteiger partial charge in [0, 0.05) is 5.56 Å². The minimum absolute atomic E-state index is 0.0418. The van der Waals surface area contributed by atoms with E-state index in [1.165, 1.54) is 0 Å². The number of furan rings is 1. The largest absolute Gasteiger partial charge is 0.502 e. The van der Waals surface area contributed by atoms with E-state index in [0.29, 0.717) is 10.6 Å². The molecule has 7 heteroatoms. The lowest BCUT2D eigenvalue weighted by Gasteiger charge is -2.02. The van der Waals surface area contributed by atoms with E-state index in [2.05, 4.69) is 10.1 Å². The highest BCUT2D eigenvalue weighted by atomic mass is 35.5. The summed E-state index contributed by atoms with van der Waals surface area (Å²) in [6, 6.07) is 6.62. The zero-order valence-corrected chi connectivity index (χ0v) is 11.3. The van der Waals surface area contributed by atoms with Crippen molar-refractivity contribution in [3.8, 4) is 22.8 Å². The van der Waals surface area contributed by atoms with Crippen LogP contribution in [0.4, 0.5) is 10.7 Å². The molecule has 1 amide bonds. The van der Waals surface area contributed by atoms with E-state index in [0.717, 1.165) is 0 Å². The number of carbonyl (C=O) groups is 1. The van der Waals surface area contributed by atoms with Gasteiger partial charge in [-0.2, -0.15) is 0 Å². The Hall–Kier alpha value is -2.34. The predicted octanol–water partition coefficient (Wildman–Crippen LogP) is 3.58. The molecule has 0 saturated heterocycles. The molecular weight excluding hydrogens is 286 g/mol. The molecule has 106 valence electrons. The summed E-state index contributed by atoms with van der Waals surface area (Å²) < 4.78 is 9.88. The molecule has 0 aliphatic heterocycles. The number of carbonyl (C=O) groups excluding carboxylic acids is 1. The van der Waals surface area contributed by atoms with Crippen LogP contribution in [0.15, 0.2) is 28.7 Å². The van der Waals surface area contributed by atoms with Crippen molar-refractivity contribution in [3.63, 3.8) is 0 Å². The average molecular weight is 298 g/mol. The number of hydrogen-bond donors (Lipinski definition) is 3. The number of hydrogen-bond acceptors (Lipinski definition) is 5. The zero-order valence-electron chi connectivity index (χ0n) is 10.5. The topological polar surface area (TPSA) is 91.9 Å². The third kappa shape index (κ3) is 2.65. The lowest BCUT2D eigenvalue weighted by Crippen LogP contribution is -2.12. The summed E-state index contributed by atoms with van der Waals surface area (Å²) in [5.41, 5.74) is 0.388. The molecule has 20 heavy (non-hydrogen) atoms. The van der Waals surface area contributed by atoms with Crippen molar-refractivity contribution in [3.05, 3.63) is 29.3 Å². The molecule has 1 aromatic heterocycles. The fraction of sp³-hybridized carbons (Fsp3) is 0.154. The van der Waals surface area contributed by atoms with E-state index in [1.54, 1.807) is 31.2 Å². The van der Waals surface area contributed by atoms with Gasteiger partial charge in [0.25, 0.3) is 0 Å². The maximum atomic E-state index is 11.3. The highest BCUT2D eigenvalue weighted by molar-refractivity contribution is 6.33. The summed E-state index contributed by atoms with van der Waals surface area (Å²) >= 11 is 5.98. The fourth-order valence-electron chi connectivity index (χ4n) is 1.59. The molecule has 0 spiro atoms. The molecule has 0 radical (unpaired) electrons. The Morgan fingerprint density at radius 1 is 1.35 bits per heavy atom. The second kappa shape index (κ2) is 5.75. The van der Waals surface area contributed by atoms with Gasteiger partial charge in [-0.1, -0.05) is 23.7 Å². The maximum absolute atomic E-state index is 11.3. The number of ether oxygens (including phenoxy) is 1. The summed E-state index contributed by atoms with van der Waals surface area (Å²) in [6.45, 7) is 1.80. The fourth-order valence-corrected chi connectivity index (χ4v) is 1.81. The van der Waals surface area contributed by atoms with E-state index in [9.17, 15) is 15.0 Å². The number of rotatable bonds is 3. The summed E-state index contributed by atoms with van der Waals surface area (Å²) in [7, 11) is 0. The van der Waals surface area contributed by atoms with Gasteiger partial charge in [0.2, 0.25) is 17.4 Å². The van der Waals surface area contributed by atoms with Crippen LogP contribution in [0.5, 0.6) is 11.5 Å². The SMILES string of the molecule is CCOC(=O)Nc1oc(-c2ccccc2Cl)c(O)c1O. The van der Waals surface area contributed by atoms with E-state index in [1.807, 2.05) is 0 Å². The molecule has 0 aliphatic rings. The van der Waals surface area contributed by atoms with Crippen LogP contribution >= 0.6 is 11.6 Å². The molecule has 2 rings (SSSR count). The number of anilines is 1. The van der Waals surface area contributed by atoms with Crippen molar-refractivity contribution < 1.29 is 24.2 Å². The Bertz CT molecular complexity index is 638. The Kier molecular flexibility index (Phi) is 4.05. The van der Waals surface area contributed by atoms with Gasteiger partial charge >= 0.3 is 6.09 Å². The van der Waals surface area contributed by atoms with E-state index in [4.69, 9.17) is 16.0 Å². The van der Waals surface area contributed by atoms with Crippen LogP contribution in [0.2, 0.25) is 5.02 Å². The Labute approximate surface area is 119 Å². The van der Waals surface area contributed by atoms with Gasteiger partial charge in [-0.25, -0.2) is 4.79 Å². The summed E-state index contributed by atoms with van der Waals surface area (Å²) in [5.74, 6) is -1.45. The van der Waals surface area contributed by atoms with Crippen molar-refractivity contribution >= 4 is 23.6 Å². The monoisotopic (exact) mass is 297 g/mol. The van der Waals surface area contributed by atoms with Gasteiger partial charge in [-0.3, -0.25) is 5.32 Å². The number of benzene rings is 1. The average Bonchev–Trinajstić information content (AvgIpc) is 2.68. The molecule has 0 bridgehead atoms. The number of amides is 1. The summed E-state index contributed by atoms with van der Waals surface area (Å²) in [6.07, 6.45) is -0.803.